The van der Waals surface area contributed by atoms with Crippen LogP contribution in [0.4, 0.5) is 13.6 Å². The fourth-order valence-corrected chi connectivity index (χ4v) is 2.49. The Bertz CT molecular complexity index is 570. The molecule has 6 heteroatoms. The molecule has 0 aliphatic carbocycles. The molecule has 1 amide bonds. The molecule has 1 aliphatic rings. The number of ether oxygens (including phenoxy) is 1. The van der Waals surface area contributed by atoms with E-state index in [1.807, 2.05) is 0 Å². The molecule has 1 unspecified atom stereocenters. The molecule has 1 aliphatic heterocycles. The highest BCUT2D eigenvalue weighted by Gasteiger charge is 2.34. The number of benzene rings is 1. The summed E-state index contributed by atoms with van der Waals surface area (Å²) in [5, 5.41) is 3.07. The van der Waals surface area contributed by atoms with E-state index in [4.69, 9.17) is 4.74 Å². The molecule has 1 saturated heterocycles. The molecule has 1 heterocycles. The Labute approximate surface area is 129 Å². The maximum absolute atomic E-state index is 14.4. The van der Waals surface area contributed by atoms with Gasteiger partial charge in [0.15, 0.2) is 0 Å². The third-order valence-corrected chi connectivity index (χ3v) is 3.52. The van der Waals surface area contributed by atoms with Gasteiger partial charge in [-0.05, 0) is 39.3 Å². The SMILES string of the molecule is Cc1ccc(F)c(C2CNCCN2C(=O)OC(C)(C)C)c1F. The monoisotopic (exact) mass is 312 g/mol. The molecule has 0 saturated carbocycles. The van der Waals surface area contributed by atoms with Crippen LogP contribution in [-0.2, 0) is 4.74 Å². The Morgan fingerprint density at radius 3 is 2.68 bits per heavy atom. The largest absolute Gasteiger partial charge is 0.444 e. The zero-order valence-electron chi connectivity index (χ0n) is 13.4. The second-order valence-corrected chi connectivity index (χ2v) is 6.49. The average molecular weight is 312 g/mol. The van der Waals surface area contributed by atoms with Gasteiger partial charge in [-0.2, -0.15) is 0 Å². The van der Waals surface area contributed by atoms with Gasteiger partial charge in [0.25, 0.3) is 0 Å². The van der Waals surface area contributed by atoms with Crippen molar-refractivity contribution in [3.63, 3.8) is 0 Å². The van der Waals surface area contributed by atoms with Gasteiger partial charge in [0.1, 0.15) is 17.2 Å². The number of aryl methyl sites for hydroxylation is 1. The van der Waals surface area contributed by atoms with Crippen LogP contribution in [0.5, 0.6) is 0 Å². The van der Waals surface area contributed by atoms with Crippen molar-refractivity contribution in [2.45, 2.75) is 39.3 Å². The fraction of sp³-hybridized carbons (Fsp3) is 0.562. The number of carbonyl (C=O) groups is 1. The van der Waals surface area contributed by atoms with E-state index in [0.29, 0.717) is 18.7 Å². The average Bonchev–Trinajstić information content (AvgIpc) is 2.42. The molecule has 1 aromatic rings. The van der Waals surface area contributed by atoms with E-state index in [-0.39, 0.29) is 12.1 Å². The van der Waals surface area contributed by atoms with Gasteiger partial charge in [-0.3, -0.25) is 4.90 Å². The van der Waals surface area contributed by atoms with Gasteiger partial charge in [0, 0.05) is 25.2 Å². The van der Waals surface area contributed by atoms with E-state index in [2.05, 4.69) is 5.32 Å². The number of rotatable bonds is 1. The summed E-state index contributed by atoms with van der Waals surface area (Å²) in [6.07, 6.45) is -0.556. The highest BCUT2D eigenvalue weighted by molar-refractivity contribution is 5.69. The summed E-state index contributed by atoms with van der Waals surface area (Å²) in [5.41, 5.74) is -0.389. The summed E-state index contributed by atoms with van der Waals surface area (Å²) in [6.45, 7) is 8.04. The number of nitrogens with zero attached hydrogens (tertiary/aromatic N) is 1. The first-order valence-electron chi connectivity index (χ1n) is 7.35. The van der Waals surface area contributed by atoms with Crippen LogP contribution in [-0.4, -0.2) is 36.2 Å². The molecule has 0 bridgehead atoms. The zero-order chi connectivity index (χ0) is 16.5. The Balaban J connectivity index is 2.35. The smallest absolute Gasteiger partial charge is 0.410 e. The lowest BCUT2D eigenvalue weighted by atomic mass is 10.00. The summed E-state index contributed by atoms with van der Waals surface area (Å²) in [6, 6.07) is 1.90. The molecule has 1 atom stereocenters. The number of hydrogen-bond acceptors (Lipinski definition) is 3. The molecule has 1 fully saturated rings. The standard InChI is InChI=1S/C16H22F2N2O2/c1-10-5-6-11(17)13(14(10)18)12-9-19-7-8-20(12)15(21)22-16(2,3)4/h5-6,12,19H,7-9H2,1-4H3. The molecule has 0 radical (unpaired) electrons. The van der Waals surface area contributed by atoms with Crippen LogP contribution in [0.25, 0.3) is 0 Å². The molecule has 1 aromatic carbocycles. The molecule has 0 aromatic heterocycles. The highest BCUT2D eigenvalue weighted by atomic mass is 19.1. The Hall–Kier alpha value is -1.69. The van der Waals surface area contributed by atoms with Crippen molar-refractivity contribution < 1.29 is 18.3 Å². The first kappa shape index (κ1) is 16.7. The summed E-state index contributed by atoms with van der Waals surface area (Å²) in [4.78, 5) is 13.7. The summed E-state index contributed by atoms with van der Waals surface area (Å²) < 4.78 is 33.9. The normalized spacial score (nSPS) is 19.2. The summed E-state index contributed by atoms with van der Waals surface area (Å²) in [7, 11) is 0. The minimum absolute atomic E-state index is 0.0851. The summed E-state index contributed by atoms with van der Waals surface area (Å²) >= 11 is 0. The first-order valence-corrected chi connectivity index (χ1v) is 7.35. The van der Waals surface area contributed by atoms with Crippen molar-refractivity contribution in [3.05, 3.63) is 34.9 Å². The van der Waals surface area contributed by atoms with Gasteiger partial charge < -0.3 is 10.1 Å². The molecule has 122 valence electrons. The van der Waals surface area contributed by atoms with E-state index >= 15 is 0 Å². The predicted molar refractivity (Wildman–Crippen MR) is 79.6 cm³/mol. The van der Waals surface area contributed by atoms with E-state index in [1.165, 1.54) is 17.0 Å². The summed E-state index contributed by atoms with van der Waals surface area (Å²) in [5.74, 6) is -1.26. The van der Waals surface area contributed by atoms with Crippen molar-refractivity contribution in [2.24, 2.45) is 0 Å². The number of hydrogen-bond donors (Lipinski definition) is 1. The number of nitrogens with one attached hydrogen (secondary N) is 1. The van der Waals surface area contributed by atoms with Crippen molar-refractivity contribution >= 4 is 6.09 Å². The Kier molecular flexibility index (Phi) is 4.70. The van der Waals surface area contributed by atoms with Crippen molar-refractivity contribution in [1.29, 1.82) is 0 Å². The van der Waals surface area contributed by atoms with Crippen LogP contribution in [0.15, 0.2) is 12.1 Å². The molecular weight excluding hydrogens is 290 g/mol. The lowest BCUT2D eigenvalue weighted by Gasteiger charge is -2.37. The van der Waals surface area contributed by atoms with Crippen LogP contribution in [0, 0.1) is 18.6 Å². The van der Waals surface area contributed by atoms with Crippen LogP contribution in [0.2, 0.25) is 0 Å². The van der Waals surface area contributed by atoms with Gasteiger partial charge >= 0.3 is 6.09 Å². The highest BCUT2D eigenvalue weighted by Crippen LogP contribution is 2.30. The van der Waals surface area contributed by atoms with Crippen molar-refractivity contribution in [2.75, 3.05) is 19.6 Å². The van der Waals surface area contributed by atoms with Gasteiger partial charge in [-0.1, -0.05) is 6.07 Å². The number of halogens is 2. The van der Waals surface area contributed by atoms with Crippen LogP contribution in [0.1, 0.15) is 37.9 Å². The molecule has 4 nitrogen and oxygen atoms in total. The topological polar surface area (TPSA) is 41.6 Å². The fourth-order valence-electron chi connectivity index (χ4n) is 2.49. The van der Waals surface area contributed by atoms with E-state index in [1.54, 1.807) is 27.7 Å². The van der Waals surface area contributed by atoms with E-state index in [0.717, 1.165) is 0 Å². The lowest BCUT2D eigenvalue weighted by molar-refractivity contribution is 0.0111. The third kappa shape index (κ3) is 3.55. The van der Waals surface area contributed by atoms with Crippen LogP contribution < -0.4 is 5.32 Å². The molecule has 2 rings (SSSR count). The van der Waals surface area contributed by atoms with Gasteiger partial charge in [0.2, 0.25) is 0 Å². The van der Waals surface area contributed by atoms with Gasteiger partial charge in [0.05, 0.1) is 6.04 Å². The molecule has 22 heavy (non-hydrogen) atoms. The molecular formula is C16H22F2N2O2. The van der Waals surface area contributed by atoms with Crippen molar-refractivity contribution in [3.8, 4) is 0 Å². The zero-order valence-corrected chi connectivity index (χ0v) is 13.4. The number of amides is 1. The maximum Gasteiger partial charge on any atom is 0.410 e. The maximum atomic E-state index is 14.4. The van der Waals surface area contributed by atoms with Crippen LogP contribution in [0.3, 0.4) is 0 Å². The van der Waals surface area contributed by atoms with E-state index < -0.39 is 29.4 Å². The second-order valence-electron chi connectivity index (χ2n) is 6.49. The van der Waals surface area contributed by atoms with Crippen molar-refractivity contribution in [1.82, 2.24) is 10.2 Å². The molecule has 0 spiro atoms. The number of piperazine rings is 1. The molecule has 1 N–H and O–H groups in total. The minimum Gasteiger partial charge on any atom is -0.444 e. The Morgan fingerprint density at radius 1 is 1.36 bits per heavy atom. The van der Waals surface area contributed by atoms with Gasteiger partial charge in [-0.15, -0.1) is 0 Å². The van der Waals surface area contributed by atoms with E-state index in [9.17, 15) is 13.6 Å². The Morgan fingerprint density at radius 2 is 2.05 bits per heavy atom. The quantitative estimate of drug-likeness (QED) is 0.866. The number of carbonyl (C=O) groups excluding carboxylic acids is 1. The first-order chi connectivity index (χ1) is 10.2. The lowest BCUT2D eigenvalue weighted by Crippen LogP contribution is -2.50. The third-order valence-electron chi connectivity index (χ3n) is 3.52. The van der Waals surface area contributed by atoms with Crippen LogP contribution >= 0.6 is 0 Å². The minimum atomic E-state index is -0.719. The van der Waals surface area contributed by atoms with Gasteiger partial charge in [-0.25, -0.2) is 13.6 Å². The second kappa shape index (κ2) is 6.20. The predicted octanol–water partition coefficient (Wildman–Crippen LogP) is 3.15.